The average Bonchev–Trinajstić information content (AvgIpc) is 2.56. The summed E-state index contributed by atoms with van der Waals surface area (Å²) in [5.41, 5.74) is 2.11. The average molecular weight is 393 g/mol. The Morgan fingerprint density at radius 2 is 1.80 bits per heavy atom. The van der Waals surface area contributed by atoms with E-state index in [2.05, 4.69) is 5.32 Å². The van der Waals surface area contributed by atoms with E-state index < -0.39 is 0 Å². The van der Waals surface area contributed by atoms with Crippen molar-refractivity contribution in [1.29, 1.82) is 0 Å². The minimum atomic E-state index is -0.319. The molecule has 1 aliphatic heterocycles. The third kappa shape index (κ3) is 4.57. The van der Waals surface area contributed by atoms with Gasteiger partial charge in [-0.25, -0.2) is 0 Å². The van der Waals surface area contributed by atoms with Gasteiger partial charge in [0.25, 0.3) is 0 Å². The van der Waals surface area contributed by atoms with E-state index in [9.17, 15) is 9.59 Å². The second kappa shape index (κ2) is 7.95. The van der Waals surface area contributed by atoms with E-state index in [0.29, 0.717) is 21.5 Å². The number of carbonyl (C=O) groups excluding carboxylic acids is 2. The Hall–Kier alpha value is -1.95. The predicted molar refractivity (Wildman–Crippen MR) is 104 cm³/mol. The van der Waals surface area contributed by atoms with Crippen molar-refractivity contribution >= 4 is 58.2 Å². The second-order valence-corrected chi connectivity index (χ2v) is 7.10. The van der Waals surface area contributed by atoms with Crippen molar-refractivity contribution in [2.45, 2.75) is 0 Å². The lowest BCUT2D eigenvalue weighted by molar-refractivity contribution is -0.129. The molecule has 128 valence electrons. The first kappa shape index (κ1) is 17.9. The van der Waals surface area contributed by atoms with Crippen LogP contribution in [0.2, 0.25) is 10.0 Å². The molecule has 1 heterocycles. The van der Waals surface area contributed by atoms with Gasteiger partial charge in [0.2, 0.25) is 11.8 Å². The molecule has 0 saturated heterocycles. The van der Waals surface area contributed by atoms with Crippen LogP contribution in [-0.2, 0) is 9.59 Å². The third-order valence-corrected chi connectivity index (χ3v) is 4.75. The van der Waals surface area contributed by atoms with Gasteiger partial charge in [-0.2, -0.15) is 0 Å². The normalized spacial score (nSPS) is 14.2. The maximum Gasteiger partial charge on any atom is 0.244 e. The highest BCUT2D eigenvalue weighted by Gasteiger charge is 2.25. The van der Waals surface area contributed by atoms with Crippen LogP contribution in [0.4, 0.5) is 5.69 Å². The highest BCUT2D eigenvalue weighted by atomic mass is 35.5. The zero-order valence-corrected chi connectivity index (χ0v) is 15.4. The summed E-state index contributed by atoms with van der Waals surface area (Å²) in [6, 6.07) is 14.3. The molecule has 0 unspecified atom stereocenters. The molecule has 25 heavy (non-hydrogen) atoms. The molecule has 2 aromatic rings. The van der Waals surface area contributed by atoms with Crippen LogP contribution >= 0.6 is 35.0 Å². The zero-order valence-electron chi connectivity index (χ0n) is 13.0. The quantitative estimate of drug-likeness (QED) is 0.832. The molecule has 3 rings (SSSR count). The Morgan fingerprint density at radius 1 is 1.12 bits per heavy atom. The zero-order chi connectivity index (χ0) is 17.8. The lowest BCUT2D eigenvalue weighted by atomic mass is 10.1. The van der Waals surface area contributed by atoms with Crippen molar-refractivity contribution in [3.8, 4) is 0 Å². The summed E-state index contributed by atoms with van der Waals surface area (Å²) in [4.78, 5) is 26.2. The molecule has 0 saturated carbocycles. The van der Waals surface area contributed by atoms with Gasteiger partial charge in [0.15, 0.2) is 0 Å². The molecule has 0 aromatic heterocycles. The molecule has 4 nitrogen and oxygen atoms in total. The molecule has 2 amide bonds. The van der Waals surface area contributed by atoms with Crippen LogP contribution in [0.25, 0.3) is 5.70 Å². The maximum absolute atomic E-state index is 12.4. The molecular weight excluding hydrogens is 379 g/mol. The van der Waals surface area contributed by atoms with Crippen LogP contribution in [0.5, 0.6) is 0 Å². The van der Waals surface area contributed by atoms with Gasteiger partial charge in [0.05, 0.1) is 11.4 Å². The number of hydrogen-bond acceptors (Lipinski definition) is 3. The molecule has 2 aromatic carbocycles. The fraction of sp³-hybridized carbons (Fsp3) is 0.111. The molecule has 0 radical (unpaired) electrons. The smallest absolute Gasteiger partial charge is 0.244 e. The first-order chi connectivity index (χ1) is 12.0. The third-order valence-electron chi connectivity index (χ3n) is 3.51. The highest BCUT2D eigenvalue weighted by Crippen LogP contribution is 2.28. The van der Waals surface area contributed by atoms with Crippen molar-refractivity contribution in [1.82, 2.24) is 4.90 Å². The summed E-state index contributed by atoms with van der Waals surface area (Å²) in [7, 11) is 0. The monoisotopic (exact) mass is 392 g/mol. The summed E-state index contributed by atoms with van der Waals surface area (Å²) < 4.78 is 0. The molecule has 0 bridgehead atoms. The summed E-state index contributed by atoms with van der Waals surface area (Å²) in [6.07, 6.45) is 0. The molecule has 0 fully saturated rings. The second-order valence-electron chi connectivity index (χ2n) is 5.37. The van der Waals surface area contributed by atoms with E-state index in [0.717, 1.165) is 11.3 Å². The number of benzene rings is 2. The van der Waals surface area contributed by atoms with Gasteiger partial charge in [-0.1, -0.05) is 53.5 Å². The Bertz CT molecular complexity index is 820. The van der Waals surface area contributed by atoms with Crippen LogP contribution in [0.3, 0.4) is 0 Å². The van der Waals surface area contributed by atoms with Gasteiger partial charge in [0.1, 0.15) is 6.54 Å². The number of anilines is 1. The van der Waals surface area contributed by atoms with Crippen molar-refractivity contribution in [3.05, 3.63) is 69.5 Å². The van der Waals surface area contributed by atoms with E-state index in [4.69, 9.17) is 23.2 Å². The summed E-state index contributed by atoms with van der Waals surface area (Å²) in [5.74, 6) is -0.113. The van der Waals surface area contributed by atoms with Gasteiger partial charge in [-0.15, -0.1) is 11.8 Å². The number of halogens is 2. The van der Waals surface area contributed by atoms with Crippen molar-refractivity contribution in [3.63, 3.8) is 0 Å². The maximum atomic E-state index is 12.4. The topological polar surface area (TPSA) is 49.4 Å². The van der Waals surface area contributed by atoms with Gasteiger partial charge in [-0.05, 0) is 29.2 Å². The van der Waals surface area contributed by atoms with Crippen molar-refractivity contribution < 1.29 is 9.59 Å². The van der Waals surface area contributed by atoms with Crippen molar-refractivity contribution in [2.24, 2.45) is 0 Å². The van der Waals surface area contributed by atoms with Gasteiger partial charge in [-0.3, -0.25) is 9.59 Å². The number of hydrogen-bond donors (Lipinski definition) is 1. The summed E-state index contributed by atoms with van der Waals surface area (Å²) in [5, 5.41) is 5.49. The Morgan fingerprint density at radius 3 is 2.48 bits per heavy atom. The van der Waals surface area contributed by atoms with E-state index in [1.54, 1.807) is 18.2 Å². The largest absolute Gasteiger partial charge is 0.324 e. The van der Waals surface area contributed by atoms with Gasteiger partial charge in [0, 0.05) is 15.7 Å². The van der Waals surface area contributed by atoms with Crippen LogP contribution in [-0.4, -0.2) is 29.0 Å². The van der Waals surface area contributed by atoms with E-state index in [-0.39, 0.29) is 18.4 Å². The molecule has 0 atom stereocenters. The molecular formula is C18H14Cl2N2O2S. The van der Waals surface area contributed by atoms with Crippen molar-refractivity contribution in [2.75, 3.05) is 17.6 Å². The minimum Gasteiger partial charge on any atom is -0.324 e. The van der Waals surface area contributed by atoms with E-state index in [1.165, 1.54) is 16.7 Å². The first-order valence-electron chi connectivity index (χ1n) is 7.46. The first-order valence-corrected chi connectivity index (χ1v) is 9.27. The van der Waals surface area contributed by atoms with Crippen LogP contribution in [0, 0.1) is 0 Å². The lowest BCUT2D eigenvalue weighted by Gasteiger charge is -2.28. The number of amides is 2. The number of thioether (sulfide) groups is 1. The predicted octanol–water partition coefficient (Wildman–Crippen LogP) is 4.51. The highest BCUT2D eigenvalue weighted by molar-refractivity contribution is 8.03. The Labute approximate surface area is 159 Å². The number of nitrogens with zero attached hydrogens (tertiary/aromatic N) is 1. The van der Waals surface area contributed by atoms with E-state index >= 15 is 0 Å². The van der Waals surface area contributed by atoms with Crippen LogP contribution in [0.15, 0.2) is 53.9 Å². The standard InChI is InChI=1S/C18H14Cl2N2O2S/c19-13-6-14(20)8-15(7-13)21-17(23)9-22-16(10-25-11-18(22)24)12-4-2-1-3-5-12/h1-8,10H,9,11H2,(H,21,23). The fourth-order valence-electron chi connectivity index (χ4n) is 2.44. The lowest BCUT2D eigenvalue weighted by Crippen LogP contribution is -2.39. The van der Waals surface area contributed by atoms with Crippen LogP contribution in [0.1, 0.15) is 5.56 Å². The van der Waals surface area contributed by atoms with Crippen LogP contribution < -0.4 is 5.32 Å². The molecule has 0 spiro atoms. The number of carbonyl (C=O) groups is 2. The molecule has 1 N–H and O–H groups in total. The van der Waals surface area contributed by atoms with Gasteiger partial charge >= 0.3 is 0 Å². The fourth-order valence-corrected chi connectivity index (χ4v) is 3.77. The number of nitrogens with one attached hydrogen (secondary N) is 1. The Kier molecular flexibility index (Phi) is 5.68. The summed E-state index contributed by atoms with van der Waals surface area (Å²) >= 11 is 13.3. The minimum absolute atomic E-state index is 0.0791. The number of rotatable bonds is 4. The van der Waals surface area contributed by atoms with Gasteiger partial charge < -0.3 is 10.2 Å². The SMILES string of the molecule is O=C(CN1C(=O)CSC=C1c1ccccc1)Nc1cc(Cl)cc(Cl)c1. The van der Waals surface area contributed by atoms with E-state index in [1.807, 2.05) is 35.7 Å². The molecule has 1 aliphatic rings. The molecule has 0 aliphatic carbocycles. The molecule has 7 heteroatoms. The Balaban J connectivity index is 1.77. The summed E-state index contributed by atoms with van der Waals surface area (Å²) in [6.45, 7) is -0.0791.